The highest BCUT2D eigenvalue weighted by molar-refractivity contribution is 7.09. The SMILES string of the molecule is CC1CC(N)CCN1Cc1cncs1. The second-order valence-corrected chi connectivity index (χ2v) is 5.04. The highest BCUT2D eigenvalue weighted by Crippen LogP contribution is 2.19. The van der Waals surface area contributed by atoms with Gasteiger partial charge in [-0.25, -0.2) is 0 Å². The van der Waals surface area contributed by atoms with Crippen molar-refractivity contribution in [3.8, 4) is 0 Å². The number of likely N-dealkylation sites (tertiary alicyclic amines) is 1. The number of hydrogen-bond acceptors (Lipinski definition) is 4. The number of aromatic nitrogens is 1. The highest BCUT2D eigenvalue weighted by atomic mass is 32.1. The second kappa shape index (κ2) is 4.38. The van der Waals surface area contributed by atoms with Gasteiger partial charge in [0.25, 0.3) is 0 Å². The standard InChI is InChI=1S/C10H17N3S/c1-8-4-9(11)2-3-13(8)6-10-5-12-7-14-10/h5,7-9H,2-4,6,11H2,1H3. The number of nitrogens with zero attached hydrogens (tertiary/aromatic N) is 2. The fourth-order valence-corrected chi connectivity index (χ4v) is 2.63. The summed E-state index contributed by atoms with van der Waals surface area (Å²) in [6.07, 6.45) is 4.22. The molecule has 0 aliphatic carbocycles. The topological polar surface area (TPSA) is 42.1 Å². The molecule has 1 fully saturated rings. The first-order valence-corrected chi connectivity index (χ1v) is 6.00. The van der Waals surface area contributed by atoms with Gasteiger partial charge in [-0.15, -0.1) is 11.3 Å². The van der Waals surface area contributed by atoms with Crippen molar-refractivity contribution in [3.05, 3.63) is 16.6 Å². The monoisotopic (exact) mass is 211 g/mol. The van der Waals surface area contributed by atoms with E-state index in [0.717, 1.165) is 25.9 Å². The van der Waals surface area contributed by atoms with Crippen LogP contribution in [0, 0.1) is 0 Å². The zero-order valence-corrected chi connectivity index (χ0v) is 9.33. The number of piperidine rings is 1. The lowest BCUT2D eigenvalue weighted by atomic mass is 9.99. The first kappa shape index (κ1) is 10.1. The Morgan fingerprint density at radius 3 is 3.21 bits per heavy atom. The van der Waals surface area contributed by atoms with Crippen molar-refractivity contribution in [2.45, 2.75) is 38.4 Å². The summed E-state index contributed by atoms with van der Waals surface area (Å²) in [5.41, 5.74) is 7.82. The fourth-order valence-electron chi connectivity index (χ4n) is 2.01. The van der Waals surface area contributed by atoms with E-state index >= 15 is 0 Å². The van der Waals surface area contributed by atoms with Crippen LogP contribution in [0.4, 0.5) is 0 Å². The third kappa shape index (κ3) is 2.32. The number of nitrogens with two attached hydrogens (primary N) is 1. The number of hydrogen-bond donors (Lipinski definition) is 1. The minimum absolute atomic E-state index is 0.405. The average Bonchev–Trinajstić information content (AvgIpc) is 2.62. The zero-order valence-electron chi connectivity index (χ0n) is 8.52. The molecule has 0 bridgehead atoms. The predicted octanol–water partition coefficient (Wildman–Crippen LogP) is 1.45. The molecule has 0 spiro atoms. The highest BCUT2D eigenvalue weighted by Gasteiger charge is 2.23. The summed E-state index contributed by atoms with van der Waals surface area (Å²) in [7, 11) is 0. The third-order valence-electron chi connectivity index (χ3n) is 2.90. The lowest BCUT2D eigenvalue weighted by Crippen LogP contribution is -2.44. The van der Waals surface area contributed by atoms with Gasteiger partial charge in [-0.1, -0.05) is 0 Å². The van der Waals surface area contributed by atoms with Gasteiger partial charge < -0.3 is 5.73 Å². The Morgan fingerprint density at radius 2 is 2.57 bits per heavy atom. The van der Waals surface area contributed by atoms with Gasteiger partial charge in [0.1, 0.15) is 0 Å². The maximum Gasteiger partial charge on any atom is 0.0794 e. The lowest BCUT2D eigenvalue weighted by Gasteiger charge is -2.35. The van der Waals surface area contributed by atoms with Crippen molar-refractivity contribution in [2.75, 3.05) is 6.54 Å². The van der Waals surface area contributed by atoms with Crippen molar-refractivity contribution in [1.82, 2.24) is 9.88 Å². The van der Waals surface area contributed by atoms with Gasteiger partial charge in [0, 0.05) is 36.2 Å². The van der Waals surface area contributed by atoms with Gasteiger partial charge in [-0.05, 0) is 19.8 Å². The van der Waals surface area contributed by atoms with Crippen LogP contribution < -0.4 is 5.73 Å². The molecule has 1 aliphatic rings. The molecule has 0 amide bonds. The van der Waals surface area contributed by atoms with Crippen LogP contribution in [0.2, 0.25) is 0 Å². The Labute approximate surface area is 88.9 Å². The van der Waals surface area contributed by atoms with E-state index in [2.05, 4.69) is 16.8 Å². The van der Waals surface area contributed by atoms with Crippen LogP contribution in [-0.2, 0) is 6.54 Å². The summed E-state index contributed by atoms with van der Waals surface area (Å²) < 4.78 is 0. The molecule has 2 atom stereocenters. The van der Waals surface area contributed by atoms with E-state index in [1.165, 1.54) is 4.88 Å². The second-order valence-electron chi connectivity index (χ2n) is 4.07. The Kier molecular flexibility index (Phi) is 3.15. The van der Waals surface area contributed by atoms with Gasteiger partial charge in [-0.3, -0.25) is 9.88 Å². The Balaban J connectivity index is 1.92. The smallest absolute Gasteiger partial charge is 0.0794 e. The van der Waals surface area contributed by atoms with Gasteiger partial charge in [-0.2, -0.15) is 0 Å². The Morgan fingerprint density at radius 1 is 1.71 bits per heavy atom. The Hall–Kier alpha value is -0.450. The summed E-state index contributed by atoms with van der Waals surface area (Å²) in [5, 5.41) is 0. The predicted molar refractivity (Wildman–Crippen MR) is 59.2 cm³/mol. The van der Waals surface area contributed by atoms with Gasteiger partial charge in [0.05, 0.1) is 5.51 Å². The quantitative estimate of drug-likeness (QED) is 0.805. The van der Waals surface area contributed by atoms with Crippen molar-refractivity contribution in [3.63, 3.8) is 0 Å². The van der Waals surface area contributed by atoms with Gasteiger partial charge >= 0.3 is 0 Å². The molecule has 78 valence electrons. The van der Waals surface area contributed by atoms with E-state index in [1.54, 1.807) is 11.3 Å². The summed E-state index contributed by atoms with van der Waals surface area (Å²) in [4.78, 5) is 7.95. The van der Waals surface area contributed by atoms with Crippen LogP contribution in [0.5, 0.6) is 0 Å². The van der Waals surface area contributed by atoms with E-state index < -0.39 is 0 Å². The summed E-state index contributed by atoms with van der Waals surface area (Å²) in [6, 6.07) is 1.02. The van der Waals surface area contributed by atoms with Crippen LogP contribution in [0.25, 0.3) is 0 Å². The van der Waals surface area contributed by atoms with Crippen molar-refractivity contribution in [2.24, 2.45) is 5.73 Å². The maximum absolute atomic E-state index is 5.92. The molecule has 14 heavy (non-hydrogen) atoms. The fraction of sp³-hybridized carbons (Fsp3) is 0.700. The minimum Gasteiger partial charge on any atom is -0.328 e. The molecule has 2 heterocycles. The molecule has 0 aromatic carbocycles. The van der Waals surface area contributed by atoms with Crippen LogP contribution in [0.3, 0.4) is 0 Å². The first-order valence-electron chi connectivity index (χ1n) is 5.12. The summed E-state index contributed by atoms with van der Waals surface area (Å²) in [5.74, 6) is 0. The molecule has 3 nitrogen and oxygen atoms in total. The first-order chi connectivity index (χ1) is 6.75. The summed E-state index contributed by atoms with van der Waals surface area (Å²) in [6.45, 7) is 4.43. The van der Waals surface area contributed by atoms with E-state index in [9.17, 15) is 0 Å². The van der Waals surface area contributed by atoms with E-state index in [4.69, 9.17) is 5.73 Å². The normalized spacial score (nSPS) is 29.3. The number of rotatable bonds is 2. The maximum atomic E-state index is 5.92. The zero-order chi connectivity index (χ0) is 9.97. The van der Waals surface area contributed by atoms with E-state index in [1.807, 2.05) is 11.7 Å². The van der Waals surface area contributed by atoms with Crippen LogP contribution >= 0.6 is 11.3 Å². The molecule has 1 saturated heterocycles. The molecular weight excluding hydrogens is 194 g/mol. The summed E-state index contributed by atoms with van der Waals surface area (Å²) >= 11 is 1.74. The molecule has 4 heteroatoms. The molecule has 1 aliphatic heterocycles. The molecule has 2 rings (SSSR count). The molecule has 1 aromatic rings. The molecule has 0 saturated carbocycles. The molecular formula is C10H17N3S. The molecule has 2 N–H and O–H groups in total. The average molecular weight is 211 g/mol. The van der Waals surface area contributed by atoms with Crippen molar-refractivity contribution >= 4 is 11.3 Å². The van der Waals surface area contributed by atoms with Crippen LogP contribution in [0.15, 0.2) is 11.7 Å². The molecule has 1 aromatic heterocycles. The number of thiazole rings is 1. The van der Waals surface area contributed by atoms with E-state index in [-0.39, 0.29) is 0 Å². The van der Waals surface area contributed by atoms with Crippen molar-refractivity contribution in [1.29, 1.82) is 0 Å². The van der Waals surface area contributed by atoms with Crippen molar-refractivity contribution < 1.29 is 0 Å². The lowest BCUT2D eigenvalue weighted by molar-refractivity contribution is 0.141. The largest absolute Gasteiger partial charge is 0.328 e. The molecule has 2 unspecified atom stereocenters. The van der Waals surface area contributed by atoms with E-state index in [0.29, 0.717) is 12.1 Å². The van der Waals surface area contributed by atoms with Crippen LogP contribution in [-0.4, -0.2) is 28.5 Å². The van der Waals surface area contributed by atoms with Gasteiger partial charge in [0.15, 0.2) is 0 Å². The van der Waals surface area contributed by atoms with Crippen LogP contribution in [0.1, 0.15) is 24.6 Å². The molecule has 0 radical (unpaired) electrons. The minimum atomic E-state index is 0.405. The Bertz CT molecular complexity index is 273. The van der Waals surface area contributed by atoms with Gasteiger partial charge in [0.2, 0.25) is 0 Å². The third-order valence-corrected chi connectivity index (χ3v) is 3.66.